The minimum Gasteiger partial charge on any atom is -0.377 e. The van der Waals surface area contributed by atoms with Crippen LogP contribution in [-0.4, -0.2) is 53.0 Å². The highest BCUT2D eigenvalue weighted by atomic mass is 16.5. The van der Waals surface area contributed by atoms with Gasteiger partial charge in [0, 0.05) is 37.2 Å². The van der Waals surface area contributed by atoms with E-state index in [-0.39, 0.29) is 6.04 Å². The Morgan fingerprint density at radius 2 is 2.06 bits per heavy atom. The fraction of sp³-hybridized carbons (Fsp3) is 0.538. The molecule has 2 aliphatic heterocycles. The normalized spacial score (nSPS) is 22.9. The van der Waals surface area contributed by atoms with E-state index in [1.54, 1.807) is 0 Å². The van der Waals surface area contributed by atoms with Crippen LogP contribution in [0.5, 0.6) is 0 Å². The number of nitriles is 1. The molecule has 2 aliphatic rings. The number of hydrogen-bond donors (Lipinski definition) is 1. The van der Waals surface area contributed by atoms with E-state index in [9.17, 15) is 5.26 Å². The number of nitrogens with one attached hydrogen (secondary N) is 1. The lowest BCUT2D eigenvalue weighted by molar-refractivity contribution is 0.106. The Hall–Kier alpha value is -3.02. The van der Waals surface area contributed by atoms with E-state index in [4.69, 9.17) is 14.2 Å². The number of pyridine rings is 1. The van der Waals surface area contributed by atoms with E-state index >= 15 is 0 Å². The maximum absolute atomic E-state index is 9.81. The minimum absolute atomic E-state index is 0.263. The maximum atomic E-state index is 9.81. The zero-order valence-corrected chi connectivity index (χ0v) is 20.4. The molecule has 0 amide bonds. The van der Waals surface area contributed by atoms with E-state index in [0.717, 1.165) is 78.8 Å². The van der Waals surface area contributed by atoms with E-state index in [1.807, 2.05) is 19.9 Å². The van der Waals surface area contributed by atoms with Gasteiger partial charge in [0.25, 0.3) is 5.89 Å². The first kappa shape index (κ1) is 22.8. The monoisotopic (exact) mass is 460 g/mol. The molecule has 8 nitrogen and oxygen atoms in total. The summed E-state index contributed by atoms with van der Waals surface area (Å²) in [5, 5.41) is 18.5. The van der Waals surface area contributed by atoms with Crippen LogP contribution >= 0.6 is 0 Å². The number of aromatic nitrogens is 3. The molecule has 0 aliphatic carbocycles. The Balaban J connectivity index is 1.51. The van der Waals surface area contributed by atoms with Gasteiger partial charge in [-0.05, 0) is 76.6 Å². The largest absolute Gasteiger partial charge is 0.377 e. The lowest BCUT2D eigenvalue weighted by Crippen LogP contribution is -2.49. The SMILES string of the molecule is Cc1cc(C#N)c2nc(N3CCC(NC[C@H]4CCCO4)C[C@H]3C)c(-c3nc(C)no3)c(C)c2c1. The quantitative estimate of drug-likeness (QED) is 0.604. The van der Waals surface area contributed by atoms with Gasteiger partial charge in [0.15, 0.2) is 5.82 Å². The number of piperidine rings is 1. The predicted octanol–water partition coefficient (Wildman–Crippen LogP) is 4.21. The van der Waals surface area contributed by atoms with Crippen LogP contribution in [0.3, 0.4) is 0 Å². The van der Waals surface area contributed by atoms with E-state index < -0.39 is 0 Å². The number of hydrogen-bond acceptors (Lipinski definition) is 8. The molecule has 3 atom stereocenters. The second-order valence-corrected chi connectivity index (χ2v) is 9.71. The lowest BCUT2D eigenvalue weighted by Gasteiger charge is -2.40. The van der Waals surface area contributed by atoms with Gasteiger partial charge < -0.3 is 19.5 Å². The summed E-state index contributed by atoms with van der Waals surface area (Å²) < 4.78 is 11.4. The number of ether oxygens (including phenoxy) is 1. The number of aryl methyl sites for hydroxylation is 3. The van der Waals surface area contributed by atoms with Gasteiger partial charge >= 0.3 is 0 Å². The Kier molecular flexibility index (Phi) is 6.24. The van der Waals surface area contributed by atoms with Gasteiger partial charge in [0.2, 0.25) is 0 Å². The van der Waals surface area contributed by atoms with Crippen LogP contribution in [0.1, 0.15) is 55.1 Å². The van der Waals surface area contributed by atoms with E-state index in [1.165, 1.54) is 0 Å². The highest BCUT2D eigenvalue weighted by molar-refractivity contribution is 5.95. The van der Waals surface area contributed by atoms with Crippen LogP contribution in [0.2, 0.25) is 0 Å². The van der Waals surface area contributed by atoms with Gasteiger partial charge in [-0.15, -0.1) is 0 Å². The number of anilines is 1. The van der Waals surface area contributed by atoms with Crippen molar-refractivity contribution in [3.05, 3.63) is 34.6 Å². The summed E-state index contributed by atoms with van der Waals surface area (Å²) in [5.74, 6) is 1.89. The van der Waals surface area contributed by atoms with Crippen molar-refractivity contribution in [1.82, 2.24) is 20.4 Å². The summed E-state index contributed by atoms with van der Waals surface area (Å²) >= 11 is 0. The molecule has 1 unspecified atom stereocenters. The molecule has 178 valence electrons. The Bertz CT molecular complexity index is 1240. The molecular weight excluding hydrogens is 428 g/mol. The number of fused-ring (bicyclic) bond motifs is 1. The molecule has 34 heavy (non-hydrogen) atoms. The summed E-state index contributed by atoms with van der Waals surface area (Å²) in [6.45, 7) is 10.8. The second kappa shape index (κ2) is 9.32. The van der Waals surface area contributed by atoms with Crippen molar-refractivity contribution >= 4 is 16.7 Å². The Morgan fingerprint density at radius 1 is 1.21 bits per heavy atom. The molecule has 1 aromatic carbocycles. The number of nitrogens with zero attached hydrogens (tertiary/aromatic N) is 5. The molecule has 2 fully saturated rings. The van der Waals surface area contributed by atoms with Crippen molar-refractivity contribution in [3.8, 4) is 17.5 Å². The maximum Gasteiger partial charge on any atom is 0.261 e. The van der Waals surface area contributed by atoms with Crippen LogP contribution in [0.25, 0.3) is 22.4 Å². The molecule has 4 heterocycles. The van der Waals surface area contributed by atoms with Gasteiger partial charge in [-0.3, -0.25) is 0 Å². The summed E-state index contributed by atoms with van der Waals surface area (Å²) in [7, 11) is 0. The minimum atomic E-state index is 0.263. The van der Waals surface area contributed by atoms with Gasteiger partial charge in [-0.2, -0.15) is 10.2 Å². The zero-order chi connectivity index (χ0) is 23.8. The summed E-state index contributed by atoms with van der Waals surface area (Å²) in [5.41, 5.74) is 4.22. The smallest absolute Gasteiger partial charge is 0.261 e. The van der Waals surface area contributed by atoms with E-state index in [0.29, 0.717) is 29.4 Å². The summed E-state index contributed by atoms with van der Waals surface area (Å²) in [4.78, 5) is 12.0. The molecule has 0 saturated carbocycles. The molecule has 2 aromatic heterocycles. The first-order valence-electron chi connectivity index (χ1n) is 12.2. The molecule has 1 N–H and O–H groups in total. The van der Waals surface area contributed by atoms with Gasteiger partial charge in [-0.1, -0.05) is 5.16 Å². The predicted molar refractivity (Wildman–Crippen MR) is 131 cm³/mol. The van der Waals surface area contributed by atoms with Crippen LogP contribution < -0.4 is 10.2 Å². The fourth-order valence-corrected chi connectivity index (χ4v) is 5.37. The third-order valence-electron chi connectivity index (χ3n) is 7.14. The molecule has 8 heteroatoms. The molecule has 3 aromatic rings. The molecule has 0 spiro atoms. The first-order chi connectivity index (χ1) is 16.4. The average Bonchev–Trinajstić information content (AvgIpc) is 3.49. The number of rotatable bonds is 5. The Labute approximate surface area is 200 Å². The van der Waals surface area contributed by atoms with Crippen molar-refractivity contribution in [2.45, 2.75) is 71.6 Å². The molecule has 0 bridgehead atoms. The first-order valence-corrected chi connectivity index (χ1v) is 12.2. The van der Waals surface area contributed by atoms with Crippen molar-refractivity contribution in [2.24, 2.45) is 0 Å². The summed E-state index contributed by atoms with van der Waals surface area (Å²) in [6, 6.07) is 7.03. The van der Waals surface area contributed by atoms with Crippen molar-refractivity contribution in [1.29, 1.82) is 5.26 Å². The van der Waals surface area contributed by atoms with Crippen LogP contribution in [0.15, 0.2) is 16.7 Å². The lowest BCUT2D eigenvalue weighted by atomic mass is 9.95. The van der Waals surface area contributed by atoms with Crippen LogP contribution in [0.4, 0.5) is 5.82 Å². The van der Waals surface area contributed by atoms with Gasteiger partial charge in [-0.25, -0.2) is 4.98 Å². The third-order valence-corrected chi connectivity index (χ3v) is 7.14. The average molecular weight is 461 g/mol. The highest BCUT2D eigenvalue weighted by Crippen LogP contribution is 2.39. The zero-order valence-electron chi connectivity index (χ0n) is 20.4. The topological polar surface area (TPSA) is 100 Å². The highest BCUT2D eigenvalue weighted by Gasteiger charge is 2.31. The summed E-state index contributed by atoms with van der Waals surface area (Å²) in [6.07, 6.45) is 4.67. The second-order valence-electron chi connectivity index (χ2n) is 9.71. The third kappa shape index (κ3) is 4.26. The van der Waals surface area contributed by atoms with Crippen LogP contribution in [0, 0.1) is 32.1 Å². The number of benzene rings is 1. The molecule has 5 rings (SSSR count). The van der Waals surface area contributed by atoms with E-state index in [2.05, 4.69) is 46.3 Å². The van der Waals surface area contributed by atoms with Gasteiger partial charge in [0.05, 0.1) is 22.7 Å². The van der Waals surface area contributed by atoms with Gasteiger partial charge in [0.1, 0.15) is 11.9 Å². The van der Waals surface area contributed by atoms with Crippen molar-refractivity contribution < 1.29 is 9.26 Å². The fourth-order valence-electron chi connectivity index (χ4n) is 5.37. The molecular formula is C26H32N6O2. The van der Waals surface area contributed by atoms with Crippen molar-refractivity contribution in [2.75, 3.05) is 24.6 Å². The molecule has 0 radical (unpaired) electrons. The standard InChI is InChI=1S/C26H32N6O2/c1-15-10-19(13-27)24-22(11-15)17(3)23(26-29-18(4)31-34-26)25(30-24)32-8-7-20(12-16(32)2)28-14-21-6-5-9-33-21/h10-11,16,20-21,28H,5-9,12,14H2,1-4H3/t16-,20?,21-/m1/s1. The molecule has 2 saturated heterocycles. The van der Waals surface area contributed by atoms with Crippen molar-refractivity contribution in [3.63, 3.8) is 0 Å². The Morgan fingerprint density at radius 3 is 2.74 bits per heavy atom. The van der Waals surface area contributed by atoms with Crippen LogP contribution in [-0.2, 0) is 4.74 Å².